The molecule has 5 nitrogen and oxygen atoms in total. The van der Waals surface area contributed by atoms with Gasteiger partial charge in [-0.3, -0.25) is 14.9 Å². The van der Waals surface area contributed by atoms with Crippen molar-refractivity contribution in [3.8, 4) is 6.07 Å². The van der Waals surface area contributed by atoms with Crippen LogP contribution in [0.25, 0.3) is 6.08 Å². The minimum atomic E-state index is -0.580. The lowest BCUT2D eigenvalue weighted by molar-refractivity contribution is -0.384. The Morgan fingerprint density at radius 2 is 2.14 bits per heavy atom. The third-order valence-electron chi connectivity index (χ3n) is 2.56. The largest absolute Gasteiger partial charge is 0.288 e. The van der Waals surface area contributed by atoms with Crippen molar-refractivity contribution < 1.29 is 9.72 Å². The number of benzene rings is 1. The number of nitro benzene ring substituents is 1. The number of allylic oxidation sites excluding steroid dienone is 1. The summed E-state index contributed by atoms with van der Waals surface area (Å²) in [5, 5.41) is 19.8. The Labute approximate surface area is 132 Å². The van der Waals surface area contributed by atoms with Crippen LogP contribution in [0.3, 0.4) is 0 Å². The molecular weight excluding hydrogens is 356 g/mol. The van der Waals surface area contributed by atoms with Crippen molar-refractivity contribution in [1.82, 2.24) is 0 Å². The minimum Gasteiger partial charge on any atom is -0.288 e. The number of thiophene rings is 1. The second-order valence-corrected chi connectivity index (χ2v) is 6.44. The molecule has 0 saturated carbocycles. The summed E-state index contributed by atoms with van der Waals surface area (Å²) in [6, 6.07) is 10.7. The number of hydrogen-bond acceptors (Lipinski definition) is 5. The first kappa shape index (κ1) is 15.1. The van der Waals surface area contributed by atoms with Crippen LogP contribution in [0.4, 0.5) is 5.69 Å². The number of Topliss-reactive ketones (excluding diaryl/α,β-unsaturated/α-hetero) is 1. The summed E-state index contributed by atoms with van der Waals surface area (Å²) in [5.74, 6) is -0.536. The van der Waals surface area contributed by atoms with Gasteiger partial charge in [0.15, 0.2) is 0 Å². The van der Waals surface area contributed by atoms with Gasteiger partial charge in [-0.15, -0.1) is 11.3 Å². The maximum absolute atomic E-state index is 12.2. The number of nitriles is 1. The van der Waals surface area contributed by atoms with E-state index in [4.69, 9.17) is 5.26 Å². The fraction of sp³-hybridized carbons (Fsp3) is 0. The molecule has 7 heteroatoms. The smallest absolute Gasteiger partial charge is 0.270 e. The average molecular weight is 363 g/mol. The van der Waals surface area contributed by atoms with Gasteiger partial charge in [-0.2, -0.15) is 5.26 Å². The molecule has 0 spiro atoms. The van der Waals surface area contributed by atoms with Crippen LogP contribution in [-0.2, 0) is 0 Å². The van der Waals surface area contributed by atoms with Crippen molar-refractivity contribution >= 4 is 44.8 Å². The van der Waals surface area contributed by atoms with E-state index in [-0.39, 0.29) is 16.8 Å². The van der Waals surface area contributed by atoms with Gasteiger partial charge in [0.2, 0.25) is 5.78 Å². The van der Waals surface area contributed by atoms with E-state index in [0.29, 0.717) is 0 Å². The van der Waals surface area contributed by atoms with Crippen LogP contribution < -0.4 is 0 Å². The van der Waals surface area contributed by atoms with Crippen LogP contribution >= 0.6 is 27.3 Å². The summed E-state index contributed by atoms with van der Waals surface area (Å²) in [7, 11) is 0. The van der Waals surface area contributed by atoms with Crippen LogP contribution in [0.15, 0.2) is 45.8 Å². The summed E-state index contributed by atoms with van der Waals surface area (Å²) in [5.41, 5.74) is -0.130. The van der Waals surface area contributed by atoms with Crippen molar-refractivity contribution in [2.75, 3.05) is 0 Å². The minimum absolute atomic E-state index is 0.0650. The van der Waals surface area contributed by atoms with E-state index in [1.54, 1.807) is 6.07 Å². The molecule has 0 atom stereocenters. The Kier molecular flexibility index (Phi) is 4.62. The van der Waals surface area contributed by atoms with Gasteiger partial charge in [-0.25, -0.2) is 0 Å². The van der Waals surface area contributed by atoms with Crippen molar-refractivity contribution in [2.24, 2.45) is 0 Å². The lowest BCUT2D eigenvalue weighted by atomic mass is 10.0. The number of halogens is 1. The molecule has 0 bridgehead atoms. The van der Waals surface area contributed by atoms with Gasteiger partial charge in [0.05, 0.1) is 8.71 Å². The van der Waals surface area contributed by atoms with Crippen molar-refractivity contribution in [1.29, 1.82) is 5.26 Å². The maximum Gasteiger partial charge on any atom is 0.270 e. The summed E-state index contributed by atoms with van der Waals surface area (Å²) >= 11 is 4.68. The SMILES string of the molecule is N#C/C(=C\c1ccc(Br)s1)C(=O)c1cccc([N+](=O)[O-])c1. The summed E-state index contributed by atoms with van der Waals surface area (Å²) < 4.78 is 0.883. The normalized spacial score (nSPS) is 11.0. The van der Waals surface area contributed by atoms with Gasteiger partial charge in [0.25, 0.3) is 5.69 Å². The van der Waals surface area contributed by atoms with Crippen LogP contribution in [0.1, 0.15) is 15.2 Å². The quantitative estimate of drug-likeness (QED) is 0.268. The lowest BCUT2D eigenvalue weighted by Gasteiger charge is -1.99. The van der Waals surface area contributed by atoms with Crippen molar-refractivity contribution in [3.05, 3.63) is 66.3 Å². The molecule has 0 fully saturated rings. The van der Waals surface area contributed by atoms with E-state index in [2.05, 4.69) is 15.9 Å². The fourth-order valence-corrected chi connectivity index (χ4v) is 2.98. The topological polar surface area (TPSA) is 84.0 Å². The Morgan fingerprint density at radius 1 is 1.38 bits per heavy atom. The number of carbonyl (C=O) groups excluding carboxylic acids is 1. The highest BCUT2D eigenvalue weighted by molar-refractivity contribution is 9.11. The number of nitro groups is 1. The molecule has 0 radical (unpaired) electrons. The highest BCUT2D eigenvalue weighted by Gasteiger charge is 2.15. The Morgan fingerprint density at radius 3 is 2.71 bits per heavy atom. The zero-order valence-electron chi connectivity index (χ0n) is 10.4. The third kappa shape index (κ3) is 3.62. The predicted octanol–water partition coefficient (Wildman–Crippen LogP) is 4.21. The van der Waals surface area contributed by atoms with Crippen molar-refractivity contribution in [2.45, 2.75) is 0 Å². The molecule has 0 N–H and O–H groups in total. The monoisotopic (exact) mass is 362 g/mol. The molecule has 0 unspecified atom stereocenters. The number of carbonyl (C=O) groups is 1. The van der Waals surface area contributed by atoms with Gasteiger partial charge in [0, 0.05) is 22.6 Å². The lowest BCUT2D eigenvalue weighted by Crippen LogP contribution is -2.02. The maximum atomic E-state index is 12.2. The molecule has 0 aliphatic rings. The zero-order valence-corrected chi connectivity index (χ0v) is 12.8. The second kappa shape index (κ2) is 6.43. The predicted molar refractivity (Wildman–Crippen MR) is 83.0 cm³/mol. The first-order valence-corrected chi connectivity index (χ1v) is 7.28. The first-order valence-electron chi connectivity index (χ1n) is 5.67. The van der Waals surface area contributed by atoms with Crippen molar-refractivity contribution in [3.63, 3.8) is 0 Å². The first-order chi connectivity index (χ1) is 10.0. The standard InChI is InChI=1S/C14H7BrN2O3S/c15-13-5-4-12(21-13)7-10(8-16)14(18)9-2-1-3-11(6-9)17(19)20/h1-7H/b10-7+. The van der Waals surface area contributed by atoms with Gasteiger partial charge < -0.3 is 0 Å². The average Bonchev–Trinajstić information content (AvgIpc) is 2.89. The molecule has 2 aromatic rings. The van der Waals surface area contributed by atoms with Gasteiger partial charge >= 0.3 is 0 Å². The van der Waals surface area contributed by atoms with E-state index < -0.39 is 10.7 Å². The Bertz CT molecular complexity index is 790. The molecule has 1 heterocycles. The van der Waals surface area contributed by atoms with E-state index in [9.17, 15) is 14.9 Å². The second-order valence-electron chi connectivity index (χ2n) is 3.95. The molecule has 1 aromatic carbocycles. The molecule has 0 amide bonds. The van der Waals surface area contributed by atoms with Crippen LogP contribution in [0, 0.1) is 21.4 Å². The Hall–Kier alpha value is -2.30. The van der Waals surface area contributed by atoms with Crippen LogP contribution in [-0.4, -0.2) is 10.7 Å². The van der Waals surface area contributed by atoms with E-state index in [1.807, 2.05) is 12.1 Å². The van der Waals surface area contributed by atoms with E-state index >= 15 is 0 Å². The van der Waals surface area contributed by atoms with E-state index in [1.165, 1.54) is 35.6 Å². The third-order valence-corrected chi connectivity index (χ3v) is 4.14. The molecule has 104 valence electrons. The van der Waals surface area contributed by atoms with Gasteiger partial charge in [-0.05, 0) is 34.1 Å². The van der Waals surface area contributed by atoms with E-state index in [0.717, 1.165) is 14.7 Å². The number of hydrogen-bond donors (Lipinski definition) is 0. The molecule has 0 saturated heterocycles. The summed E-state index contributed by atoms with van der Waals surface area (Å²) in [6.45, 7) is 0. The van der Waals surface area contributed by atoms with Crippen LogP contribution in [0.5, 0.6) is 0 Å². The summed E-state index contributed by atoms with van der Waals surface area (Å²) in [6.07, 6.45) is 1.47. The zero-order chi connectivity index (χ0) is 15.4. The molecule has 2 rings (SSSR count). The fourth-order valence-electron chi connectivity index (χ4n) is 1.61. The van der Waals surface area contributed by atoms with Crippen LogP contribution in [0.2, 0.25) is 0 Å². The number of rotatable bonds is 4. The molecule has 0 aliphatic heterocycles. The Balaban J connectivity index is 2.37. The molecule has 21 heavy (non-hydrogen) atoms. The molecular formula is C14H7BrN2O3S. The molecule has 0 aliphatic carbocycles. The number of non-ortho nitro benzene ring substituents is 1. The number of nitrogens with zero attached hydrogens (tertiary/aromatic N) is 2. The highest BCUT2D eigenvalue weighted by Crippen LogP contribution is 2.25. The molecule has 1 aromatic heterocycles. The van der Waals surface area contributed by atoms with Gasteiger partial charge in [0.1, 0.15) is 11.6 Å². The highest BCUT2D eigenvalue weighted by atomic mass is 79.9. The number of ketones is 1. The van der Waals surface area contributed by atoms with Gasteiger partial charge in [-0.1, -0.05) is 12.1 Å². The summed E-state index contributed by atoms with van der Waals surface area (Å²) in [4.78, 5) is 23.1.